The summed E-state index contributed by atoms with van der Waals surface area (Å²) in [5.41, 5.74) is 1.75. The number of carboxylic acid groups (broad SMARTS) is 1. The number of carboxylic acids is 1. The Balaban J connectivity index is 2.70. The summed E-state index contributed by atoms with van der Waals surface area (Å²) in [6.07, 6.45) is 5.62. The summed E-state index contributed by atoms with van der Waals surface area (Å²) in [5.74, 6) is -0.0233. The van der Waals surface area contributed by atoms with E-state index in [4.69, 9.17) is 5.11 Å². The third-order valence-corrected chi connectivity index (χ3v) is 3.05. The Kier molecular flexibility index (Phi) is 3.52. The van der Waals surface area contributed by atoms with Crippen LogP contribution in [0.15, 0.2) is 11.1 Å². The molecule has 13 heavy (non-hydrogen) atoms. The van der Waals surface area contributed by atoms with E-state index in [1.165, 1.54) is 24.8 Å². The summed E-state index contributed by atoms with van der Waals surface area (Å²) in [6.45, 7) is 3.92. The van der Waals surface area contributed by atoms with E-state index < -0.39 is 5.97 Å². The van der Waals surface area contributed by atoms with Crippen LogP contribution in [0.5, 0.6) is 0 Å². The van der Waals surface area contributed by atoms with Crippen molar-refractivity contribution in [3.05, 3.63) is 11.1 Å². The normalized spacial score (nSPS) is 27.1. The first-order valence-electron chi connectivity index (χ1n) is 5.07. The molecule has 0 aliphatic heterocycles. The molecule has 2 nitrogen and oxygen atoms in total. The van der Waals surface area contributed by atoms with Gasteiger partial charge < -0.3 is 5.11 Å². The Morgan fingerprint density at radius 1 is 1.62 bits per heavy atom. The number of allylic oxidation sites excluding steroid dienone is 1. The third-order valence-electron chi connectivity index (χ3n) is 3.05. The second kappa shape index (κ2) is 4.45. The van der Waals surface area contributed by atoms with Gasteiger partial charge in [0, 0.05) is 5.57 Å². The molecule has 1 unspecified atom stereocenters. The van der Waals surface area contributed by atoms with Gasteiger partial charge in [-0.1, -0.05) is 18.9 Å². The maximum Gasteiger partial charge on any atom is 0.331 e. The summed E-state index contributed by atoms with van der Waals surface area (Å²) in [5, 5.41) is 8.84. The summed E-state index contributed by atoms with van der Waals surface area (Å²) in [6, 6.07) is 0. The molecule has 0 heterocycles. The SMILES string of the molecule is CCC1CCC/C(=C(/C)C(=O)O)C1. The van der Waals surface area contributed by atoms with Gasteiger partial charge in [-0.05, 0) is 38.5 Å². The summed E-state index contributed by atoms with van der Waals surface area (Å²) in [4.78, 5) is 10.7. The quantitative estimate of drug-likeness (QED) is 0.666. The molecule has 1 fully saturated rings. The van der Waals surface area contributed by atoms with Gasteiger partial charge in [0.25, 0.3) is 0 Å². The first kappa shape index (κ1) is 10.3. The highest BCUT2D eigenvalue weighted by Gasteiger charge is 2.18. The van der Waals surface area contributed by atoms with Gasteiger partial charge in [-0.2, -0.15) is 0 Å². The fourth-order valence-corrected chi connectivity index (χ4v) is 2.00. The number of hydrogen-bond donors (Lipinski definition) is 1. The van der Waals surface area contributed by atoms with Gasteiger partial charge in [-0.3, -0.25) is 0 Å². The number of carbonyl (C=O) groups is 1. The maximum absolute atomic E-state index is 10.7. The van der Waals surface area contributed by atoms with E-state index in [-0.39, 0.29) is 0 Å². The van der Waals surface area contributed by atoms with Crippen molar-refractivity contribution in [1.82, 2.24) is 0 Å². The largest absolute Gasteiger partial charge is 0.478 e. The lowest BCUT2D eigenvalue weighted by molar-refractivity contribution is -0.132. The van der Waals surface area contributed by atoms with Crippen molar-refractivity contribution < 1.29 is 9.90 Å². The second-order valence-electron chi connectivity index (χ2n) is 3.90. The van der Waals surface area contributed by atoms with Crippen LogP contribution in [0.25, 0.3) is 0 Å². The summed E-state index contributed by atoms with van der Waals surface area (Å²) < 4.78 is 0. The predicted molar refractivity (Wildman–Crippen MR) is 52.6 cm³/mol. The van der Waals surface area contributed by atoms with Crippen LogP contribution < -0.4 is 0 Å². The van der Waals surface area contributed by atoms with Crippen molar-refractivity contribution in [1.29, 1.82) is 0 Å². The molecular formula is C11H18O2. The molecule has 0 aromatic rings. The van der Waals surface area contributed by atoms with Crippen molar-refractivity contribution in [2.45, 2.75) is 46.0 Å². The Morgan fingerprint density at radius 3 is 2.85 bits per heavy atom. The van der Waals surface area contributed by atoms with Crippen LogP contribution >= 0.6 is 0 Å². The molecule has 0 spiro atoms. The molecule has 0 aromatic heterocycles. The molecule has 0 saturated heterocycles. The lowest BCUT2D eigenvalue weighted by atomic mass is 9.82. The topological polar surface area (TPSA) is 37.3 Å². The van der Waals surface area contributed by atoms with Crippen molar-refractivity contribution in [3.63, 3.8) is 0 Å². The molecule has 1 aliphatic carbocycles. The van der Waals surface area contributed by atoms with Crippen LogP contribution in [0.1, 0.15) is 46.0 Å². The molecule has 1 atom stereocenters. The molecule has 0 amide bonds. The fraction of sp³-hybridized carbons (Fsp3) is 0.727. The maximum atomic E-state index is 10.7. The first-order valence-corrected chi connectivity index (χ1v) is 5.07. The van der Waals surface area contributed by atoms with Crippen LogP contribution in [0.4, 0.5) is 0 Å². The molecule has 2 heteroatoms. The Morgan fingerprint density at radius 2 is 2.31 bits per heavy atom. The van der Waals surface area contributed by atoms with Gasteiger partial charge in [-0.15, -0.1) is 0 Å². The van der Waals surface area contributed by atoms with E-state index in [2.05, 4.69) is 6.92 Å². The van der Waals surface area contributed by atoms with Crippen LogP contribution in [-0.2, 0) is 4.79 Å². The average Bonchev–Trinajstić information content (AvgIpc) is 2.16. The zero-order chi connectivity index (χ0) is 9.84. The minimum Gasteiger partial charge on any atom is -0.478 e. The highest BCUT2D eigenvalue weighted by atomic mass is 16.4. The van der Waals surface area contributed by atoms with Crippen molar-refractivity contribution in [2.75, 3.05) is 0 Å². The number of hydrogen-bond acceptors (Lipinski definition) is 1. The van der Waals surface area contributed by atoms with Gasteiger partial charge >= 0.3 is 5.97 Å². The Hall–Kier alpha value is -0.790. The smallest absolute Gasteiger partial charge is 0.331 e. The highest BCUT2D eigenvalue weighted by molar-refractivity contribution is 5.86. The molecule has 0 radical (unpaired) electrons. The highest BCUT2D eigenvalue weighted by Crippen LogP contribution is 2.32. The van der Waals surface area contributed by atoms with E-state index in [0.717, 1.165) is 18.8 Å². The van der Waals surface area contributed by atoms with Gasteiger partial charge in [0.05, 0.1) is 0 Å². The molecule has 1 aliphatic rings. The van der Waals surface area contributed by atoms with Crippen LogP contribution in [0.2, 0.25) is 0 Å². The fourth-order valence-electron chi connectivity index (χ4n) is 2.00. The zero-order valence-electron chi connectivity index (χ0n) is 8.47. The molecular weight excluding hydrogens is 164 g/mol. The second-order valence-corrected chi connectivity index (χ2v) is 3.90. The molecule has 1 N–H and O–H groups in total. The van der Waals surface area contributed by atoms with Gasteiger partial charge in [0.1, 0.15) is 0 Å². The molecule has 1 rings (SSSR count). The van der Waals surface area contributed by atoms with E-state index in [1.807, 2.05) is 0 Å². The first-order chi connectivity index (χ1) is 6.15. The zero-order valence-corrected chi connectivity index (χ0v) is 8.47. The van der Waals surface area contributed by atoms with E-state index in [0.29, 0.717) is 5.57 Å². The van der Waals surface area contributed by atoms with E-state index in [1.54, 1.807) is 6.92 Å². The summed E-state index contributed by atoms with van der Waals surface area (Å²) >= 11 is 0. The van der Waals surface area contributed by atoms with Crippen LogP contribution in [0, 0.1) is 5.92 Å². The minimum absolute atomic E-state index is 0.582. The van der Waals surface area contributed by atoms with Crippen LogP contribution in [-0.4, -0.2) is 11.1 Å². The van der Waals surface area contributed by atoms with Gasteiger partial charge in [-0.25, -0.2) is 4.79 Å². The Labute approximate surface area is 79.6 Å². The van der Waals surface area contributed by atoms with E-state index in [9.17, 15) is 4.79 Å². The predicted octanol–water partition coefficient (Wildman–Crippen LogP) is 2.99. The lowest BCUT2D eigenvalue weighted by Crippen LogP contribution is -2.11. The molecule has 0 aromatic carbocycles. The molecule has 1 saturated carbocycles. The monoisotopic (exact) mass is 182 g/mol. The Bertz CT molecular complexity index is 228. The summed E-state index contributed by atoms with van der Waals surface area (Å²) in [7, 11) is 0. The van der Waals surface area contributed by atoms with Crippen molar-refractivity contribution in [2.24, 2.45) is 5.92 Å². The van der Waals surface area contributed by atoms with E-state index >= 15 is 0 Å². The standard InChI is InChI=1S/C11H18O2/c1-3-9-5-4-6-10(7-9)8(2)11(12)13/h9H,3-7H2,1-2H3,(H,12,13)/b10-8+. The van der Waals surface area contributed by atoms with Crippen molar-refractivity contribution in [3.8, 4) is 0 Å². The van der Waals surface area contributed by atoms with Crippen LogP contribution in [0.3, 0.4) is 0 Å². The molecule has 0 bridgehead atoms. The third kappa shape index (κ3) is 2.58. The van der Waals surface area contributed by atoms with Crippen molar-refractivity contribution >= 4 is 5.97 Å². The minimum atomic E-state index is -0.744. The van der Waals surface area contributed by atoms with Gasteiger partial charge in [0.2, 0.25) is 0 Å². The molecule has 74 valence electrons. The lowest BCUT2D eigenvalue weighted by Gasteiger charge is -2.23. The average molecular weight is 182 g/mol. The van der Waals surface area contributed by atoms with Gasteiger partial charge in [0.15, 0.2) is 0 Å². The number of aliphatic carboxylic acids is 1. The number of rotatable bonds is 2.